The van der Waals surface area contributed by atoms with Gasteiger partial charge in [-0.2, -0.15) is 0 Å². The molecule has 2 atom stereocenters. The van der Waals surface area contributed by atoms with Gasteiger partial charge in [-0.05, 0) is 0 Å². The molecule has 0 heterocycles. The quantitative estimate of drug-likeness (QED) is 0.627. The topological polar surface area (TPSA) is 0 Å². The molecule has 92 valence electrons. The SMILES string of the molecule is CC[SiH2]C(C(C[SiH](C)C)[SiH](C)C)[SiH](C)C. The highest BCUT2D eigenvalue weighted by atomic mass is 28.3. The Kier molecular flexibility index (Phi) is 8.50. The predicted molar refractivity (Wildman–Crippen MR) is 88.0 cm³/mol. The van der Waals surface area contributed by atoms with Crippen molar-refractivity contribution in [3.63, 3.8) is 0 Å². The molecular formula is C11H32Si4. The van der Waals surface area contributed by atoms with Crippen LogP contribution in [0.15, 0.2) is 0 Å². The number of hydrogen-bond acceptors (Lipinski definition) is 0. The summed E-state index contributed by atoms with van der Waals surface area (Å²) >= 11 is 0. The van der Waals surface area contributed by atoms with Gasteiger partial charge in [0.1, 0.15) is 0 Å². The minimum Gasteiger partial charge on any atom is -0.0722 e. The summed E-state index contributed by atoms with van der Waals surface area (Å²) < 4.78 is 0. The number of rotatable bonds is 7. The molecule has 0 rings (SSSR count). The molecule has 0 aliphatic rings. The van der Waals surface area contributed by atoms with Crippen LogP contribution in [0.2, 0.25) is 62.1 Å². The van der Waals surface area contributed by atoms with Crippen LogP contribution in [0, 0.1) is 0 Å². The van der Waals surface area contributed by atoms with Gasteiger partial charge in [-0.1, -0.05) is 69.0 Å². The van der Waals surface area contributed by atoms with E-state index in [0.717, 1.165) is 0 Å². The first-order valence-electron chi connectivity index (χ1n) is 6.90. The first kappa shape index (κ1) is 15.9. The van der Waals surface area contributed by atoms with Gasteiger partial charge in [0.25, 0.3) is 0 Å². The fraction of sp³-hybridized carbons (Fsp3) is 1.00. The van der Waals surface area contributed by atoms with Gasteiger partial charge in [-0.15, -0.1) is 0 Å². The molecule has 0 aromatic heterocycles. The van der Waals surface area contributed by atoms with E-state index in [1.54, 1.807) is 12.1 Å². The van der Waals surface area contributed by atoms with Crippen LogP contribution in [0.5, 0.6) is 0 Å². The zero-order valence-electron chi connectivity index (χ0n) is 12.0. The average Bonchev–Trinajstić information content (AvgIpc) is 2.09. The van der Waals surface area contributed by atoms with Crippen molar-refractivity contribution in [3.8, 4) is 0 Å². The van der Waals surface area contributed by atoms with Crippen LogP contribution >= 0.6 is 0 Å². The van der Waals surface area contributed by atoms with Gasteiger partial charge in [-0.3, -0.25) is 0 Å². The minimum absolute atomic E-state index is 0.274. The Morgan fingerprint density at radius 2 is 1.47 bits per heavy atom. The third-order valence-electron chi connectivity index (χ3n) is 3.63. The number of hydrogen-bond donors (Lipinski definition) is 0. The second-order valence-electron chi connectivity index (χ2n) is 6.23. The molecule has 0 aliphatic heterocycles. The molecule has 0 bridgehead atoms. The molecule has 0 saturated heterocycles. The molecule has 0 amide bonds. The van der Waals surface area contributed by atoms with Crippen molar-refractivity contribution in [2.24, 2.45) is 0 Å². The van der Waals surface area contributed by atoms with Crippen molar-refractivity contribution < 1.29 is 0 Å². The summed E-state index contributed by atoms with van der Waals surface area (Å²) in [6, 6.07) is 3.22. The first-order chi connectivity index (χ1) is 6.90. The molecule has 0 fully saturated rings. The van der Waals surface area contributed by atoms with Gasteiger partial charge < -0.3 is 0 Å². The van der Waals surface area contributed by atoms with E-state index in [-0.39, 0.29) is 35.9 Å². The van der Waals surface area contributed by atoms with E-state index in [2.05, 4.69) is 46.2 Å². The average molecular weight is 277 g/mol. The summed E-state index contributed by atoms with van der Waals surface area (Å²) in [6.07, 6.45) is 0. The molecule has 0 aromatic carbocycles. The Bertz CT molecular complexity index is 157. The van der Waals surface area contributed by atoms with Gasteiger partial charge >= 0.3 is 0 Å². The fourth-order valence-corrected chi connectivity index (χ4v) is 20.8. The van der Waals surface area contributed by atoms with Crippen LogP contribution in [-0.4, -0.2) is 35.9 Å². The Labute approximate surface area is 105 Å². The Balaban J connectivity index is 4.52. The lowest BCUT2D eigenvalue weighted by Gasteiger charge is -2.33. The van der Waals surface area contributed by atoms with Crippen molar-refractivity contribution >= 4 is 35.9 Å². The third-order valence-corrected chi connectivity index (χ3v) is 17.0. The summed E-state index contributed by atoms with van der Waals surface area (Å²) in [7, 11) is -0.794. The van der Waals surface area contributed by atoms with Crippen LogP contribution < -0.4 is 0 Å². The van der Waals surface area contributed by atoms with Gasteiger partial charge in [-0.25, -0.2) is 0 Å². The van der Waals surface area contributed by atoms with Crippen LogP contribution in [0.4, 0.5) is 0 Å². The lowest BCUT2D eigenvalue weighted by atomic mass is 10.5. The molecule has 0 nitrogen and oxygen atoms in total. The van der Waals surface area contributed by atoms with Crippen molar-refractivity contribution in [2.45, 2.75) is 69.0 Å². The van der Waals surface area contributed by atoms with Crippen molar-refractivity contribution in [1.29, 1.82) is 0 Å². The zero-order chi connectivity index (χ0) is 12.0. The van der Waals surface area contributed by atoms with Crippen molar-refractivity contribution in [1.82, 2.24) is 0 Å². The van der Waals surface area contributed by atoms with Crippen LogP contribution in [0.1, 0.15) is 6.92 Å². The minimum atomic E-state index is -0.383. The second-order valence-corrected chi connectivity index (χ2v) is 19.6. The van der Waals surface area contributed by atoms with Crippen molar-refractivity contribution in [3.05, 3.63) is 0 Å². The van der Waals surface area contributed by atoms with Crippen LogP contribution in [0.25, 0.3) is 0 Å². The molecule has 0 saturated carbocycles. The Morgan fingerprint density at radius 1 is 0.933 bits per heavy atom. The van der Waals surface area contributed by atoms with E-state index in [4.69, 9.17) is 0 Å². The van der Waals surface area contributed by atoms with Gasteiger partial charge in [0.2, 0.25) is 0 Å². The van der Waals surface area contributed by atoms with E-state index in [9.17, 15) is 0 Å². The zero-order valence-corrected chi connectivity index (χ0v) is 16.9. The van der Waals surface area contributed by atoms with E-state index in [1.807, 2.05) is 0 Å². The third kappa shape index (κ3) is 6.24. The summed E-state index contributed by atoms with van der Waals surface area (Å²) in [4.78, 5) is 0. The standard InChI is InChI=1S/C11H32Si4/c1-8-12-11(15(6)7)10(14(4)5)9-13(2)3/h10-11,13-15H,8-9,12H2,1-7H3. The van der Waals surface area contributed by atoms with E-state index in [1.165, 1.54) is 10.7 Å². The maximum Gasteiger partial charge on any atom is 0.0330 e. The van der Waals surface area contributed by atoms with Crippen LogP contribution in [-0.2, 0) is 0 Å². The van der Waals surface area contributed by atoms with Crippen molar-refractivity contribution in [2.75, 3.05) is 0 Å². The summed E-state index contributed by atoms with van der Waals surface area (Å²) in [5.74, 6) is 0. The summed E-state index contributed by atoms with van der Waals surface area (Å²) in [5, 5.41) is 1.30. The molecular weight excluding hydrogens is 244 g/mol. The van der Waals surface area contributed by atoms with Gasteiger partial charge in [0.05, 0.1) is 0 Å². The Morgan fingerprint density at radius 3 is 1.73 bits per heavy atom. The maximum absolute atomic E-state index is 2.61. The lowest BCUT2D eigenvalue weighted by molar-refractivity contribution is 0.937. The molecule has 0 spiro atoms. The molecule has 0 aliphatic carbocycles. The van der Waals surface area contributed by atoms with Crippen LogP contribution in [0.3, 0.4) is 0 Å². The molecule has 4 heteroatoms. The van der Waals surface area contributed by atoms with E-state index >= 15 is 0 Å². The highest BCUT2D eigenvalue weighted by molar-refractivity contribution is 6.75. The summed E-state index contributed by atoms with van der Waals surface area (Å²) in [6.45, 7) is 18.0. The van der Waals surface area contributed by atoms with Gasteiger partial charge in [0, 0.05) is 35.9 Å². The molecule has 0 N–H and O–H groups in total. The smallest absolute Gasteiger partial charge is 0.0330 e. The van der Waals surface area contributed by atoms with E-state index in [0.29, 0.717) is 0 Å². The van der Waals surface area contributed by atoms with Gasteiger partial charge in [0.15, 0.2) is 0 Å². The largest absolute Gasteiger partial charge is 0.0722 e. The second kappa shape index (κ2) is 8.03. The Hall–Kier alpha value is 0.868. The molecule has 0 radical (unpaired) electrons. The molecule has 15 heavy (non-hydrogen) atoms. The normalized spacial score (nSPS) is 17.2. The fourth-order valence-electron chi connectivity index (χ4n) is 2.86. The monoisotopic (exact) mass is 276 g/mol. The van der Waals surface area contributed by atoms with E-state index < -0.39 is 0 Å². The summed E-state index contributed by atoms with van der Waals surface area (Å²) in [5.41, 5.74) is 1.25. The highest BCUT2D eigenvalue weighted by Gasteiger charge is 2.28. The molecule has 0 aromatic rings. The lowest BCUT2D eigenvalue weighted by Crippen LogP contribution is -2.31. The highest BCUT2D eigenvalue weighted by Crippen LogP contribution is 2.35. The predicted octanol–water partition coefficient (Wildman–Crippen LogP) is 2.75. The maximum atomic E-state index is 2.61. The molecule has 2 unspecified atom stereocenters. The first-order valence-corrected chi connectivity index (χ1v) is 17.8.